The molecule has 1 rings (SSSR count). The number of aromatic hydroxyl groups is 1. The molecule has 14 heavy (non-hydrogen) atoms. The summed E-state index contributed by atoms with van der Waals surface area (Å²) in [5, 5.41) is 9.47. The van der Waals surface area contributed by atoms with E-state index in [1.54, 1.807) is 19.1 Å². The third-order valence-electron chi connectivity index (χ3n) is 1.70. The molecule has 0 fully saturated rings. The summed E-state index contributed by atoms with van der Waals surface area (Å²) in [5.74, 6) is -0.367. The Morgan fingerprint density at radius 2 is 2.29 bits per heavy atom. The molecule has 0 aromatic heterocycles. The van der Waals surface area contributed by atoms with Crippen LogP contribution >= 0.6 is 11.6 Å². The van der Waals surface area contributed by atoms with Crippen molar-refractivity contribution < 1.29 is 14.6 Å². The van der Waals surface area contributed by atoms with E-state index in [0.717, 1.165) is 0 Å². The maximum Gasteiger partial charge on any atom is 0.310 e. The van der Waals surface area contributed by atoms with Gasteiger partial charge in [-0.3, -0.25) is 4.79 Å². The molecule has 0 aliphatic rings. The van der Waals surface area contributed by atoms with Crippen molar-refractivity contribution in [1.82, 2.24) is 0 Å². The molecule has 0 atom stereocenters. The molecule has 3 nitrogen and oxygen atoms in total. The number of benzene rings is 1. The number of hydrogen-bond donors (Lipinski definition) is 1. The monoisotopic (exact) mass is 214 g/mol. The normalized spacial score (nSPS) is 9.86. The maximum atomic E-state index is 11.1. The molecule has 1 aromatic rings. The number of carbonyl (C=O) groups excluding carboxylic acids is 1. The fourth-order valence-corrected chi connectivity index (χ4v) is 1.26. The van der Waals surface area contributed by atoms with Crippen LogP contribution in [0.3, 0.4) is 0 Å². The lowest BCUT2D eigenvalue weighted by molar-refractivity contribution is -0.142. The van der Waals surface area contributed by atoms with Gasteiger partial charge in [-0.05, 0) is 18.6 Å². The number of hydrogen-bond acceptors (Lipinski definition) is 3. The van der Waals surface area contributed by atoms with Crippen LogP contribution in [0.4, 0.5) is 0 Å². The first-order valence-electron chi connectivity index (χ1n) is 4.27. The number of phenols is 1. The van der Waals surface area contributed by atoms with Crippen LogP contribution in [0.1, 0.15) is 12.5 Å². The molecule has 0 amide bonds. The molecule has 0 spiro atoms. The van der Waals surface area contributed by atoms with Crippen molar-refractivity contribution in [1.29, 1.82) is 0 Å². The first-order chi connectivity index (χ1) is 6.65. The fraction of sp³-hybridized carbons (Fsp3) is 0.300. The SMILES string of the molecule is CCOC(=O)Cc1cccc(O)c1Cl. The lowest BCUT2D eigenvalue weighted by Gasteiger charge is -2.05. The third-order valence-corrected chi connectivity index (χ3v) is 2.13. The van der Waals surface area contributed by atoms with E-state index in [0.29, 0.717) is 12.2 Å². The summed E-state index contributed by atoms with van der Waals surface area (Å²) in [7, 11) is 0. The summed E-state index contributed by atoms with van der Waals surface area (Å²) in [4.78, 5) is 11.1. The number of carbonyl (C=O) groups is 1. The summed E-state index contributed by atoms with van der Waals surface area (Å²) in [5.41, 5.74) is 0.574. The minimum atomic E-state index is -0.347. The van der Waals surface area contributed by atoms with Gasteiger partial charge in [-0.25, -0.2) is 0 Å². The summed E-state index contributed by atoms with van der Waals surface area (Å²) in [6.45, 7) is 2.08. The zero-order chi connectivity index (χ0) is 10.6. The molecule has 0 radical (unpaired) electrons. The Morgan fingerprint density at radius 3 is 2.93 bits per heavy atom. The van der Waals surface area contributed by atoms with Crippen LogP contribution in [-0.2, 0) is 16.0 Å². The second-order valence-corrected chi connectivity index (χ2v) is 3.11. The molecular weight excluding hydrogens is 204 g/mol. The number of ether oxygens (including phenoxy) is 1. The molecule has 0 aliphatic heterocycles. The molecule has 0 aliphatic carbocycles. The van der Waals surface area contributed by atoms with Gasteiger partial charge in [0.25, 0.3) is 0 Å². The third kappa shape index (κ3) is 2.64. The summed E-state index contributed by atoms with van der Waals surface area (Å²) in [6.07, 6.45) is 0.0844. The Bertz CT molecular complexity index is 336. The van der Waals surface area contributed by atoms with Crippen molar-refractivity contribution in [2.75, 3.05) is 6.61 Å². The van der Waals surface area contributed by atoms with Gasteiger partial charge >= 0.3 is 5.97 Å². The molecule has 4 heteroatoms. The van der Waals surface area contributed by atoms with Crippen LogP contribution in [0, 0.1) is 0 Å². The molecule has 0 saturated carbocycles. The van der Waals surface area contributed by atoms with Gasteiger partial charge < -0.3 is 9.84 Å². The molecule has 1 N–H and O–H groups in total. The second-order valence-electron chi connectivity index (χ2n) is 2.73. The van der Waals surface area contributed by atoms with Gasteiger partial charge in [0.15, 0.2) is 0 Å². The van der Waals surface area contributed by atoms with Crippen LogP contribution in [-0.4, -0.2) is 17.7 Å². The highest BCUT2D eigenvalue weighted by Crippen LogP contribution is 2.26. The van der Waals surface area contributed by atoms with Gasteiger partial charge in [-0.15, -0.1) is 0 Å². The van der Waals surface area contributed by atoms with Gasteiger partial charge in [0.1, 0.15) is 5.75 Å². The molecule has 0 bridgehead atoms. The van der Waals surface area contributed by atoms with E-state index < -0.39 is 0 Å². The molecule has 1 aromatic carbocycles. The first-order valence-corrected chi connectivity index (χ1v) is 4.65. The van der Waals surface area contributed by atoms with E-state index in [9.17, 15) is 9.90 Å². The number of esters is 1. The van der Waals surface area contributed by atoms with Crippen LogP contribution in [0.2, 0.25) is 5.02 Å². The molecular formula is C10H11ClO3. The Morgan fingerprint density at radius 1 is 1.57 bits per heavy atom. The van der Waals surface area contributed by atoms with E-state index in [-0.39, 0.29) is 23.2 Å². The predicted octanol–water partition coefficient (Wildman–Crippen LogP) is 2.15. The van der Waals surface area contributed by atoms with Crippen LogP contribution in [0.15, 0.2) is 18.2 Å². The van der Waals surface area contributed by atoms with Crippen LogP contribution < -0.4 is 0 Å². The van der Waals surface area contributed by atoms with Gasteiger partial charge in [0.05, 0.1) is 18.1 Å². The Labute approximate surface area is 87.3 Å². The summed E-state index contributed by atoms with van der Waals surface area (Å²) < 4.78 is 4.76. The van der Waals surface area contributed by atoms with E-state index in [1.165, 1.54) is 6.07 Å². The van der Waals surface area contributed by atoms with E-state index in [2.05, 4.69) is 0 Å². The smallest absolute Gasteiger partial charge is 0.310 e. The minimum Gasteiger partial charge on any atom is -0.506 e. The predicted molar refractivity (Wildman–Crippen MR) is 53.5 cm³/mol. The highest BCUT2D eigenvalue weighted by atomic mass is 35.5. The van der Waals surface area contributed by atoms with Crippen LogP contribution in [0.25, 0.3) is 0 Å². The Hall–Kier alpha value is -1.22. The lowest BCUT2D eigenvalue weighted by Crippen LogP contribution is -2.07. The maximum absolute atomic E-state index is 11.1. The number of halogens is 1. The molecule has 76 valence electrons. The van der Waals surface area contributed by atoms with Crippen molar-refractivity contribution >= 4 is 17.6 Å². The summed E-state index contributed by atoms with van der Waals surface area (Å²) in [6, 6.07) is 4.78. The highest BCUT2D eigenvalue weighted by Gasteiger charge is 2.09. The van der Waals surface area contributed by atoms with Crippen molar-refractivity contribution in [3.8, 4) is 5.75 Å². The first kappa shape index (κ1) is 10.9. The van der Waals surface area contributed by atoms with Gasteiger partial charge in [0.2, 0.25) is 0 Å². The van der Waals surface area contributed by atoms with Gasteiger partial charge in [-0.2, -0.15) is 0 Å². The van der Waals surface area contributed by atoms with Crippen molar-refractivity contribution in [2.24, 2.45) is 0 Å². The second kappa shape index (κ2) is 4.86. The lowest BCUT2D eigenvalue weighted by atomic mass is 10.1. The van der Waals surface area contributed by atoms with Gasteiger partial charge in [0, 0.05) is 0 Å². The van der Waals surface area contributed by atoms with E-state index in [4.69, 9.17) is 16.3 Å². The molecule has 0 heterocycles. The van der Waals surface area contributed by atoms with Crippen LogP contribution in [0.5, 0.6) is 5.75 Å². The van der Waals surface area contributed by atoms with Crippen molar-refractivity contribution in [2.45, 2.75) is 13.3 Å². The quantitative estimate of drug-likeness (QED) is 0.785. The largest absolute Gasteiger partial charge is 0.506 e. The average Bonchev–Trinajstić information content (AvgIpc) is 2.13. The summed E-state index contributed by atoms with van der Waals surface area (Å²) >= 11 is 5.78. The van der Waals surface area contributed by atoms with E-state index >= 15 is 0 Å². The molecule has 0 unspecified atom stereocenters. The number of phenolic OH excluding ortho intramolecular Hbond substituents is 1. The topological polar surface area (TPSA) is 46.5 Å². The average molecular weight is 215 g/mol. The fourth-order valence-electron chi connectivity index (χ4n) is 1.07. The van der Waals surface area contributed by atoms with Gasteiger partial charge in [-0.1, -0.05) is 23.7 Å². The molecule has 0 saturated heterocycles. The Balaban J connectivity index is 2.76. The van der Waals surface area contributed by atoms with Crippen molar-refractivity contribution in [3.05, 3.63) is 28.8 Å². The Kier molecular flexibility index (Phi) is 3.77. The zero-order valence-electron chi connectivity index (χ0n) is 7.79. The number of rotatable bonds is 3. The standard InChI is InChI=1S/C10H11ClO3/c1-2-14-9(13)6-7-4-3-5-8(12)10(7)11/h3-5,12H,2,6H2,1H3. The zero-order valence-corrected chi connectivity index (χ0v) is 8.54. The minimum absolute atomic E-state index is 0.0199. The van der Waals surface area contributed by atoms with Crippen molar-refractivity contribution in [3.63, 3.8) is 0 Å². The van der Waals surface area contributed by atoms with E-state index in [1.807, 2.05) is 0 Å². The highest BCUT2D eigenvalue weighted by molar-refractivity contribution is 6.32.